The fraction of sp³-hybridized carbons (Fsp3) is 0.143. The van der Waals surface area contributed by atoms with Crippen molar-refractivity contribution in [3.63, 3.8) is 0 Å². The summed E-state index contributed by atoms with van der Waals surface area (Å²) in [5, 5.41) is 7.03. The standard InChI is InChI=1S/C21H16BrN3O/c22-16-8-9-20-17(11-16)19-12-18(14-5-2-1-3-6-14)24-25(19)21(26-20)15-7-4-10-23-13-15/h1-11,13,19,21H,12H2/t19-,21-/m0/s1. The van der Waals surface area contributed by atoms with E-state index in [2.05, 4.69) is 56.3 Å². The molecule has 2 aliphatic heterocycles. The fourth-order valence-corrected chi connectivity index (χ4v) is 3.98. The first-order valence-corrected chi connectivity index (χ1v) is 9.36. The second-order valence-corrected chi connectivity index (χ2v) is 7.37. The van der Waals surface area contributed by atoms with Crippen LogP contribution in [0.1, 0.15) is 35.4 Å². The molecular formula is C21H16BrN3O. The summed E-state index contributed by atoms with van der Waals surface area (Å²) in [5.41, 5.74) is 4.41. The van der Waals surface area contributed by atoms with Gasteiger partial charge in [0.05, 0.1) is 11.8 Å². The first-order chi connectivity index (χ1) is 12.8. The van der Waals surface area contributed by atoms with Crippen LogP contribution in [0.3, 0.4) is 0 Å². The summed E-state index contributed by atoms with van der Waals surface area (Å²) in [7, 11) is 0. The van der Waals surface area contributed by atoms with E-state index in [0.717, 1.165) is 39.0 Å². The lowest BCUT2D eigenvalue weighted by Crippen LogP contribution is -2.33. The number of fused-ring (bicyclic) bond motifs is 3. The molecule has 0 saturated heterocycles. The molecule has 2 aliphatic rings. The summed E-state index contributed by atoms with van der Waals surface area (Å²) in [6.45, 7) is 0. The van der Waals surface area contributed by atoms with Crippen LogP contribution in [-0.4, -0.2) is 15.7 Å². The second-order valence-electron chi connectivity index (χ2n) is 6.45. The van der Waals surface area contributed by atoms with Gasteiger partial charge in [0, 0.05) is 34.4 Å². The molecule has 26 heavy (non-hydrogen) atoms. The fourth-order valence-electron chi connectivity index (χ4n) is 3.61. The summed E-state index contributed by atoms with van der Waals surface area (Å²) >= 11 is 3.59. The number of benzene rings is 2. The Kier molecular flexibility index (Phi) is 3.75. The van der Waals surface area contributed by atoms with E-state index in [4.69, 9.17) is 9.84 Å². The molecule has 1 aromatic heterocycles. The highest BCUT2D eigenvalue weighted by Crippen LogP contribution is 2.48. The highest BCUT2D eigenvalue weighted by Gasteiger charge is 2.41. The topological polar surface area (TPSA) is 37.7 Å². The van der Waals surface area contributed by atoms with E-state index in [1.54, 1.807) is 6.20 Å². The van der Waals surface area contributed by atoms with E-state index in [0.29, 0.717) is 0 Å². The van der Waals surface area contributed by atoms with Gasteiger partial charge in [-0.3, -0.25) is 4.98 Å². The maximum Gasteiger partial charge on any atom is 0.215 e. The Morgan fingerprint density at radius 3 is 2.73 bits per heavy atom. The number of halogens is 1. The van der Waals surface area contributed by atoms with Crippen molar-refractivity contribution < 1.29 is 4.74 Å². The third-order valence-electron chi connectivity index (χ3n) is 4.83. The van der Waals surface area contributed by atoms with Crippen LogP contribution in [0.4, 0.5) is 0 Å². The van der Waals surface area contributed by atoms with E-state index in [-0.39, 0.29) is 12.3 Å². The highest BCUT2D eigenvalue weighted by molar-refractivity contribution is 9.10. The zero-order chi connectivity index (χ0) is 17.5. The third-order valence-corrected chi connectivity index (χ3v) is 5.32. The van der Waals surface area contributed by atoms with Crippen LogP contribution in [-0.2, 0) is 0 Å². The predicted octanol–water partition coefficient (Wildman–Crippen LogP) is 5.09. The van der Waals surface area contributed by atoms with Gasteiger partial charge in [0.1, 0.15) is 5.75 Å². The van der Waals surface area contributed by atoms with Crippen molar-refractivity contribution in [2.24, 2.45) is 5.10 Å². The van der Waals surface area contributed by atoms with Gasteiger partial charge >= 0.3 is 0 Å². The van der Waals surface area contributed by atoms with Crippen LogP contribution in [0.2, 0.25) is 0 Å². The van der Waals surface area contributed by atoms with Gasteiger partial charge in [-0.1, -0.05) is 52.3 Å². The van der Waals surface area contributed by atoms with Crippen LogP contribution in [0.15, 0.2) is 82.6 Å². The maximum atomic E-state index is 6.33. The van der Waals surface area contributed by atoms with Crippen LogP contribution in [0.5, 0.6) is 5.75 Å². The van der Waals surface area contributed by atoms with E-state index in [9.17, 15) is 0 Å². The van der Waals surface area contributed by atoms with Gasteiger partial charge in [-0.25, -0.2) is 5.01 Å². The van der Waals surface area contributed by atoms with Gasteiger partial charge in [-0.05, 0) is 29.8 Å². The SMILES string of the molecule is Brc1ccc2c(c1)[C@@H]1CC(c3ccccc3)=NN1[C@H](c1cccnc1)O2. The summed E-state index contributed by atoms with van der Waals surface area (Å²) in [4.78, 5) is 4.26. The third kappa shape index (κ3) is 2.59. The Labute approximate surface area is 160 Å². The maximum absolute atomic E-state index is 6.33. The molecular weight excluding hydrogens is 390 g/mol. The van der Waals surface area contributed by atoms with Crippen molar-refractivity contribution in [1.82, 2.24) is 9.99 Å². The number of aromatic nitrogens is 1. The number of nitrogens with zero attached hydrogens (tertiary/aromatic N) is 3. The lowest BCUT2D eigenvalue weighted by molar-refractivity contribution is -0.0192. The molecule has 5 heteroatoms. The Bertz CT molecular complexity index is 975. The summed E-state index contributed by atoms with van der Waals surface area (Å²) in [6, 6.07) is 20.6. The Morgan fingerprint density at radius 1 is 1.04 bits per heavy atom. The molecule has 0 bridgehead atoms. The summed E-state index contributed by atoms with van der Waals surface area (Å²) in [6.07, 6.45) is 4.20. The first kappa shape index (κ1) is 15.6. The molecule has 0 spiro atoms. The number of hydrogen-bond donors (Lipinski definition) is 0. The van der Waals surface area contributed by atoms with Crippen LogP contribution in [0.25, 0.3) is 0 Å². The molecule has 0 aliphatic carbocycles. The lowest BCUT2D eigenvalue weighted by Gasteiger charge is -2.38. The van der Waals surface area contributed by atoms with Crippen LogP contribution >= 0.6 is 15.9 Å². The molecule has 128 valence electrons. The minimum absolute atomic E-state index is 0.150. The molecule has 3 heterocycles. The molecule has 2 aromatic carbocycles. The molecule has 3 aromatic rings. The monoisotopic (exact) mass is 405 g/mol. The minimum atomic E-state index is -0.274. The largest absolute Gasteiger partial charge is 0.464 e. The molecule has 0 fully saturated rings. The highest BCUT2D eigenvalue weighted by atomic mass is 79.9. The summed E-state index contributed by atoms with van der Waals surface area (Å²) in [5.74, 6) is 0.910. The average molecular weight is 406 g/mol. The van der Waals surface area contributed by atoms with Gasteiger partial charge in [0.2, 0.25) is 6.23 Å². The Hall–Kier alpha value is -2.66. The van der Waals surface area contributed by atoms with Crippen molar-refractivity contribution in [3.05, 3.63) is 94.2 Å². The van der Waals surface area contributed by atoms with E-state index in [1.165, 1.54) is 0 Å². The molecule has 0 saturated carbocycles. The molecule has 0 radical (unpaired) electrons. The Morgan fingerprint density at radius 2 is 1.92 bits per heavy atom. The molecule has 0 unspecified atom stereocenters. The number of ether oxygens (including phenoxy) is 1. The first-order valence-electron chi connectivity index (χ1n) is 8.57. The zero-order valence-electron chi connectivity index (χ0n) is 13.9. The van der Waals surface area contributed by atoms with E-state index in [1.807, 2.05) is 36.5 Å². The lowest BCUT2D eigenvalue weighted by atomic mass is 9.96. The van der Waals surface area contributed by atoms with Gasteiger partial charge < -0.3 is 4.74 Å². The minimum Gasteiger partial charge on any atom is -0.464 e. The van der Waals surface area contributed by atoms with Crippen molar-refractivity contribution in [2.45, 2.75) is 18.7 Å². The van der Waals surface area contributed by atoms with Crippen molar-refractivity contribution in [3.8, 4) is 5.75 Å². The van der Waals surface area contributed by atoms with Crippen molar-refractivity contribution in [1.29, 1.82) is 0 Å². The summed E-state index contributed by atoms with van der Waals surface area (Å²) < 4.78 is 7.38. The normalized spacial score (nSPS) is 20.8. The number of rotatable bonds is 2. The van der Waals surface area contributed by atoms with Gasteiger partial charge in [0.25, 0.3) is 0 Å². The van der Waals surface area contributed by atoms with E-state index >= 15 is 0 Å². The van der Waals surface area contributed by atoms with Crippen LogP contribution < -0.4 is 4.74 Å². The van der Waals surface area contributed by atoms with Gasteiger partial charge in [-0.2, -0.15) is 5.10 Å². The van der Waals surface area contributed by atoms with Crippen molar-refractivity contribution in [2.75, 3.05) is 0 Å². The smallest absolute Gasteiger partial charge is 0.215 e. The molecule has 0 amide bonds. The molecule has 4 nitrogen and oxygen atoms in total. The predicted molar refractivity (Wildman–Crippen MR) is 104 cm³/mol. The zero-order valence-corrected chi connectivity index (χ0v) is 15.5. The molecule has 5 rings (SSSR count). The number of pyridine rings is 1. The molecule has 0 N–H and O–H groups in total. The molecule has 2 atom stereocenters. The van der Waals surface area contributed by atoms with Gasteiger partial charge in [0.15, 0.2) is 0 Å². The quantitative estimate of drug-likeness (QED) is 0.595. The Balaban J connectivity index is 1.62. The van der Waals surface area contributed by atoms with Crippen molar-refractivity contribution >= 4 is 21.6 Å². The van der Waals surface area contributed by atoms with Crippen LogP contribution in [0, 0.1) is 0 Å². The van der Waals surface area contributed by atoms with Gasteiger partial charge in [-0.15, -0.1) is 0 Å². The average Bonchev–Trinajstić information content (AvgIpc) is 3.15. The second kappa shape index (κ2) is 6.25. The number of hydrazone groups is 1. The number of hydrogen-bond acceptors (Lipinski definition) is 4. The van der Waals surface area contributed by atoms with E-state index < -0.39 is 0 Å².